The molecule has 2 aromatic heterocycles. The zero-order valence-electron chi connectivity index (χ0n) is 11.3. The van der Waals surface area contributed by atoms with Gasteiger partial charge in [0.15, 0.2) is 0 Å². The molecule has 3 nitrogen and oxygen atoms in total. The zero-order valence-corrected chi connectivity index (χ0v) is 14.5. The van der Waals surface area contributed by atoms with Gasteiger partial charge in [0.25, 0.3) is 5.91 Å². The maximum Gasteiger partial charge on any atom is 0.266 e. The van der Waals surface area contributed by atoms with Crippen LogP contribution in [-0.2, 0) is 6.54 Å². The van der Waals surface area contributed by atoms with Gasteiger partial charge in [-0.3, -0.25) is 4.79 Å². The van der Waals surface area contributed by atoms with Gasteiger partial charge in [-0.25, -0.2) is 0 Å². The van der Waals surface area contributed by atoms with Crippen LogP contribution in [0.2, 0.25) is 0 Å². The second-order valence-electron chi connectivity index (χ2n) is 4.78. The van der Waals surface area contributed by atoms with Crippen LogP contribution in [-0.4, -0.2) is 17.9 Å². The van der Waals surface area contributed by atoms with E-state index < -0.39 is 0 Å². The lowest BCUT2D eigenvalue weighted by Crippen LogP contribution is -2.25. The van der Waals surface area contributed by atoms with Crippen LogP contribution in [0.4, 0.5) is 5.69 Å². The van der Waals surface area contributed by atoms with Crippen LogP contribution in [0, 0.1) is 0 Å². The van der Waals surface area contributed by atoms with Crippen molar-refractivity contribution in [1.29, 1.82) is 0 Å². The molecule has 0 bridgehead atoms. The maximum atomic E-state index is 12.6. The summed E-state index contributed by atoms with van der Waals surface area (Å²) in [6.45, 7) is 0.597. The molecule has 0 aliphatic heterocycles. The summed E-state index contributed by atoms with van der Waals surface area (Å²) in [5.41, 5.74) is 7.86. The lowest BCUT2D eigenvalue weighted by Gasteiger charge is -2.15. The molecule has 0 fully saturated rings. The highest BCUT2D eigenvalue weighted by molar-refractivity contribution is 9.10. The Kier molecular flexibility index (Phi) is 4.01. The normalized spacial score (nSPS) is 11.0. The number of benzene rings is 1. The molecule has 1 aromatic carbocycles. The molecule has 2 heterocycles. The van der Waals surface area contributed by atoms with Gasteiger partial charge in [0, 0.05) is 28.2 Å². The summed E-state index contributed by atoms with van der Waals surface area (Å²) in [5, 5.41) is 5.00. The quantitative estimate of drug-likeness (QED) is 0.722. The van der Waals surface area contributed by atoms with E-state index in [2.05, 4.69) is 21.3 Å². The Morgan fingerprint density at radius 2 is 2.19 bits per heavy atom. The largest absolute Gasteiger partial charge is 0.397 e. The molecule has 0 aliphatic carbocycles. The third kappa shape index (κ3) is 2.84. The van der Waals surface area contributed by atoms with Crippen LogP contribution in [0.5, 0.6) is 0 Å². The van der Waals surface area contributed by atoms with E-state index in [-0.39, 0.29) is 5.91 Å². The van der Waals surface area contributed by atoms with E-state index in [9.17, 15) is 4.79 Å². The van der Waals surface area contributed by atoms with Gasteiger partial charge in [0.05, 0.1) is 5.69 Å². The second-order valence-corrected chi connectivity index (χ2v) is 7.53. The van der Waals surface area contributed by atoms with Gasteiger partial charge < -0.3 is 10.6 Å². The van der Waals surface area contributed by atoms with Crippen molar-refractivity contribution in [2.45, 2.75) is 6.54 Å². The van der Waals surface area contributed by atoms with Crippen molar-refractivity contribution in [3.8, 4) is 0 Å². The average Bonchev–Trinajstić information content (AvgIpc) is 3.06. The van der Waals surface area contributed by atoms with Crippen LogP contribution in [0.1, 0.15) is 15.2 Å². The van der Waals surface area contributed by atoms with Crippen molar-refractivity contribution in [2.75, 3.05) is 12.8 Å². The van der Waals surface area contributed by atoms with E-state index in [4.69, 9.17) is 5.73 Å². The first kappa shape index (κ1) is 14.6. The minimum atomic E-state index is -0.0315. The molecular formula is C15H13BrN2OS2. The SMILES string of the molecule is CN(Cc1ccsc1)C(=O)c1sc2cc(Br)ccc2c1N. The van der Waals surface area contributed by atoms with Gasteiger partial charge in [0.2, 0.25) is 0 Å². The predicted octanol–water partition coefficient (Wildman–Crippen LogP) is 4.58. The Labute approximate surface area is 139 Å². The maximum absolute atomic E-state index is 12.6. The molecule has 0 radical (unpaired) electrons. The predicted molar refractivity (Wildman–Crippen MR) is 94.1 cm³/mol. The molecule has 6 heteroatoms. The lowest BCUT2D eigenvalue weighted by molar-refractivity contribution is 0.0791. The van der Waals surface area contributed by atoms with Crippen LogP contribution in [0.3, 0.4) is 0 Å². The van der Waals surface area contributed by atoms with Gasteiger partial charge in [-0.1, -0.05) is 22.0 Å². The van der Waals surface area contributed by atoms with Crippen molar-refractivity contribution in [3.05, 3.63) is 49.9 Å². The standard InChI is InChI=1S/C15H13BrN2OS2/c1-18(7-9-4-5-20-8-9)15(19)14-13(17)11-3-2-10(16)6-12(11)21-14/h2-6,8H,7,17H2,1H3. The van der Waals surface area contributed by atoms with Gasteiger partial charge >= 0.3 is 0 Å². The van der Waals surface area contributed by atoms with Gasteiger partial charge in [-0.15, -0.1) is 11.3 Å². The molecule has 108 valence electrons. The van der Waals surface area contributed by atoms with Crippen molar-refractivity contribution in [2.24, 2.45) is 0 Å². The first-order valence-corrected chi connectivity index (χ1v) is 8.85. The highest BCUT2D eigenvalue weighted by Gasteiger charge is 2.20. The number of thiophene rings is 2. The number of anilines is 1. The van der Waals surface area contributed by atoms with Crippen molar-refractivity contribution < 1.29 is 4.79 Å². The summed E-state index contributed by atoms with van der Waals surface area (Å²) >= 11 is 6.52. The highest BCUT2D eigenvalue weighted by Crippen LogP contribution is 2.36. The monoisotopic (exact) mass is 380 g/mol. The minimum Gasteiger partial charge on any atom is -0.397 e. The van der Waals surface area contributed by atoms with E-state index in [1.807, 2.05) is 29.6 Å². The Balaban J connectivity index is 1.92. The first-order chi connectivity index (χ1) is 10.1. The molecule has 3 aromatic rings. The summed E-state index contributed by atoms with van der Waals surface area (Å²) in [7, 11) is 1.81. The number of halogens is 1. The summed E-state index contributed by atoms with van der Waals surface area (Å²) in [4.78, 5) is 14.9. The number of hydrogen-bond acceptors (Lipinski definition) is 4. The molecular weight excluding hydrogens is 368 g/mol. The number of nitrogens with zero attached hydrogens (tertiary/aromatic N) is 1. The Bertz CT molecular complexity index is 795. The van der Waals surface area contributed by atoms with E-state index in [1.54, 1.807) is 23.3 Å². The highest BCUT2D eigenvalue weighted by atomic mass is 79.9. The van der Waals surface area contributed by atoms with Gasteiger partial charge in [0.1, 0.15) is 4.88 Å². The van der Waals surface area contributed by atoms with Crippen LogP contribution >= 0.6 is 38.6 Å². The summed E-state index contributed by atoms with van der Waals surface area (Å²) in [6, 6.07) is 7.90. The summed E-state index contributed by atoms with van der Waals surface area (Å²) in [6.07, 6.45) is 0. The number of amides is 1. The fraction of sp³-hybridized carbons (Fsp3) is 0.133. The van der Waals surface area contributed by atoms with Gasteiger partial charge in [-0.2, -0.15) is 11.3 Å². The molecule has 3 rings (SSSR count). The Morgan fingerprint density at radius 3 is 2.90 bits per heavy atom. The Hall–Kier alpha value is -1.37. The smallest absolute Gasteiger partial charge is 0.266 e. The summed E-state index contributed by atoms with van der Waals surface area (Å²) < 4.78 is 2.01. The Morgan fingerprint density at radius 1 is 1.38 bits per heavy atom. The number of carbonyl (C=O) groups is 1. The second kappa shape index (κ2) is 5.79. The number of hydrogen-bond donors (Lipinski definition) is 1. The minimum absolute atomic E-state index is 0.0315. The number of nitrogen functional groups attached to an aromatic ring is 1. The van der Waals surface area contributed by atoms with Crippen LogP contribution in [0.15, 0.2) is 39.5 Å². The fourth-order valence-corrected chi connectivity index (χ4v) is 4.48. The van der Waals surface area contributed by atoms with Crippen LogP contribution in [0.25, 0.3) is 10.1 Å². The molecule has 0 spiro atoms. The molecule has 2 N–H and O–H groups in total. The van der Waals surface area contributed by atoms with Crippen molar-refractivity contribution in [3.63, 3.8) is 0 Å². The zero-order chi connectivity index (χ0) is 15.0. The van der Waals surface area contributed by atoms with Crippen molar-refractivity contribution in [1.82, 2.24) is 4.90 Å². The van der Waals surface area contributed by atoms with E-state index in [0.717, 1.165) is 20.1 Å². The molecule has 0 atom stereocenters. The van der Waals surface area contributed by atoms with E-state index in [0.29, 0.717) is 17.1 Å². The number of nitrogens with two attached hydrogens (primary N) is 1. The molecule has 21 heavy (non-hydrogen) atoms. The van der Waals surface area contributed by atoms with E-state index >= 15 is 0 Å². The first-order valence-electron chi connectivity index (χ1n) is 6.30. The average molecular weight is 381 g/mol. The molecule has 0 unspecified atom stereocenters. The summed E-state index contributed by atoms with van der Waals surface area (Å²) in [5.74, 6) is -0.0315. The third-order valence-electron chi connectivity index (χ3n) is 3.23. The molecule has 1 amide bonds. The van der Waals surface area contributed by atoms with E-state index in [1.165, 1.54) is 11.3 Å². The molecule has 0 saturated carbocycles. The third-order valence-corrected chi connectivity index (χ3v) is 5.61. The molecule has 0 saturated heterocycles. The number of fused-ring (bicyclic) bond motifs is 1. The van der Waals surface area contributed by atoms with Crippen molar-refractivity contribution >= 4 is 60.3 Å². The topological polar surface area (TPSA) is 46.3 Å². The van der Waals surface area contributed by atoms with Crippen LogP contribution < -0.4 is 5.73 Å². The number of carbonyl (C=O) groups excluding carboxylic acids is 1. The number of rotatable bonds is 3. The van der Waals surface area contributed by atoms with Gasteiger partial charge in [-0.05, 0) is 34.5 Å². The molecule has 0 aliphatic rings. The fourth-order valence-electron chi connectivity index (χ4n) is 2.15. The lowest BCUT2D eigenvalue weighted by atomic mass is 10.2.